The van der Waals surface area contributed by atoms with E-state index in [2.05, 4.69) is 0 Å². The second-order valence-corrected chi connectivity index (χ2v) is 2.16. The smallest absolute Gasteiger partial charge is 0.300 e. The average molecular weight is 160 g/mol. The Bertz CT molecular complexity index is 115. The van der Waals surface area contributed by atoms with Crippen molar-refractivity contribution < 1.29 is 14.7 Å². The number of carboxylic acids is 1. The van der Waals surface area contributed by atoms with Crippen molar-refractivity contribution in [1.29, 1.82) is 0 Å². The van der Waals surface area contributed by atoms with Gasteiger partial charge in [-0.2, -0.15) is 0 Å². The maximum Gasteiger partial charge on any atom is 0.300 e. The number of hydrogen-bond acceptors (Lipinski definition) is 2. The molecule has 3 nitrogen and oxygen atoms in total. The van der Waals surface area contributed by atoms with Crippen molar-refractivity contribution in [3.05, 3.63) is 0 Å². The molecular weight excluding hydrogens is 144 g/mol. The lowest BCUT2D eigenvalue weighted by atomic mass is 10.2. The van der Waals surface area contributed by atoms with Gasteiger partial charge >= 0.3 is 0 Å². The summed E-state index contributed by atoms with van der Waals surface area (Å²) in [5.41, 5.74) is 0. The maximum absolute atomic E-state index is 10.4. The van der Waals surface area contributed by atoms with Crippen LogP contribution in [0, 0.1) is 0 Å². The normalized spacial score (nSPS) is 7.91. The summed E-state index contributed by atoms with van der Waals surface area (Å²) in [4.78, 5) is 19.4. The van der Waals surface area contributed by atoms with Gasteiger partial charge in [-0.05, 0) is 6.42 Å². The number of carbonyl (C=O) groups excluding carboxylic acids is 1. The highest BCUT2D eigenvalue weighted by molar-refractivity contribution is 5.77. The van der Waals surface area contributed by atoms with Gasteiger partial charge in [-0.15, -0.1) is 0 Å². The quantitative estimate of drug-likeness (QED) is 0.685. The molecule has 0 aliphatic carbocycles. The first-order valence-electron chi connectivity index (χ1n) is 3.75. The Kier molecular flexibility index (Phi) is 10.6. The number of rotatable bonds is 3. The first-order chi connectivity index (χ1) is 5.04. The molecule has 0 rings (SSSR count). The highest BCUT2D eigenvalue weighted by Gasteiger charge is 1.91. The predicted molar refractivity (Wildman–Crippen MR) is 43.5 cm³/mol. The number of ketones is 1. The van der Waals surface area contributed by atoms with E-state index in [0.29, 0.717) is 12.2 Å². The maximum atomic E-state index is 10.4. The van der Waals surface area contributed by atoms with Crippen LogP contribution in [0.3, 0.4) is 0 Å². The van der Waals surface area contributed by atoms with Crippen LogP contribution < -0.4 is 0 Å². The van der Waals surface area contributed by atoms with Crippen LogP contribution in [-0.4, -0.2) is 16.9 Å². The molecule has 0 aromatic rings. The molecule has 11 heavy (non-hydrogen) atoms. The van der Waals surface area contributed by atoms with Crippen LogP contribution in [0.2, 0.25) is 0 Å². The van der Waals surface area contributed by atoms with E-state index in [-0.39, 0.29) is 0 Å². The van der Waals surface area contributed by atoms with E-state index in [1.165, 1.54) is 0 Å². The first kappa shape index (κ1) is 12.8. The van der Waals surface area contributed by atoms with Gasteiger partial charge in [-0.25, -0.2) is 0 Å². The molecule has 0 fully saturated rings. The lowest BCUT2D eigenvalue weighted by molar-refractivity contribution is -0.134. The van der Waals surface area contributed by atoms with Gasteiger partial charge in [0.25, 0.3) is 5.97 Å². The van der Waals surface area contributed by atoms with Gasteiger partial charge in [-0.3, -0.25) is 9.59 Å². The fraction of sp³-hybridized carbons (Fsp3) is 0.750. The second kappa shape index (κ2) is 9.14. The second-order valence-electron chi connectivity index (χ2n) is 2.16. The number of carboxylic acid groups (broad SMARTS) is 1. The van der Waals surface area contributed by atoms with E-state index in [0.717, 1.165) is 19.8 Å². The van der Waals surface area contributed by atoms with Gasteiger partial charge in [0.15, 0.2) is 0 Å². The molecule has 0 saturated carbocycles. The van der Waals surface area contributed by atoms with Crippen LogP contribution in [0.25, 0.3) is 0 Å². The lowest BCUT2D eigenvalue weighted by Crippen LogP contribution is -1.91. The molecule has 0 heterocycles. The summed E-state index contributed by atoms with van der Waals surface area (Å²) in [6, 6.07) is 0. The van der Waals surface area contributed by atoms with Crippen LogP contribution in [0.15, 0.2) is 0 Å². The Morgan fingerprint density at radius 1 is 1.27 bits per heavy atom. The minimum absolute atomic E-state index is 0.377. The summed E-state index contributed by atoms with van der Waals surface area (Å²) < 4.78 is 0. The zero-order chi connectivity index (χ0) is 9.28. The van der Waals surface area contributed by atoms with Gasteiger partial charge in [0.1, 0.15) is 5.78 Å². The fourth-order valence-electron chi connectivity index (χ4n) is 0.456. The predicted octanol–water partition coefficient (Wildman–Crippen LogP) is 1.86. The number of aliphatic carboxylic acids is 1. The lowest BCUT2D eigenvalue weighted by Gasteiger charge is -1.87. The molecule has 66 valence electrons. The Morgan fingerprint density at radius 3 is 1.73 bits per heavy atom. The third kappa shape index (κ3) is 27.2. The third-order valence-electron chi connectivity index (χ3n) is 0.923. The zero-order valence-electron chi connectivity index (χ0n) is 7.39. The number of hydrogen-bond donors (Lipinski definition) is 1. The van der Waals surface area contributed by atoms with Gasteiger partial charge in [-0.1, -0.05) is 13.8 Å². The molecule has 0 aromatic carbocycles. The summed E-state index contributed by atoms with van der Waals surface area (Å²) in [5.74, 6) is -0.456. The minimum atomic E-state index is -0.833. The number of Topliss-reactive ketones (excluding diaryl/α,β-unsaturated/α-hetero) is 1. The molecule has 0 saturated heterocycles. The molecule has 0 unspecified atom stereocenters. The summed E-state index contributed by atoms with van der Waals surface area (Å²) in [7, 11) is 0. The molecule has 0 spiro atoms. The van der Waals surface area contributed by atoms with Gasteiger partial charge in [0.2, 0.25) is 0 Å². The molecule has 0 atom stereocenters. The minimum Gasteiger partial charge on any atom is -0.481 e. The summed E-state index contributed by atoms with van der Waals surface area (Å²) in [5, 5.41) is 7.42. The molecule has 0 aliphatic rings. The molecule has 1 N–H and O–H groups in total. The van der Waals surface area contributed by atoms with E-state index in [4.69, 9.17) is 9.90 Å². The molecular formula is C8H16O3. The summed E-state index contributed by atoms with van der Waals surface area (Å²) >= 11 is 0. The summed E-state index contributed by atoms with van der Waals surface area (Å²) in [6.07, 6.45) is 2.46. The van der Waals surface area contributed by atoms with E-state index >= 15 is 0 Å². The monoisotopic (exact) mass is 160 g/mol. The topological polar surface area (TPSA) is 54.4 Å². The van der Waals surface area contributed by atoms with Crippen molar-refractivity contribution in [3.8, 4) is 0 Å². The third-order valence-corrected chi connectivity index (χ3v) is 0.923. The average Bonchev–Trinajstić information content (AvgIpc) is 1.87. The van der Waals surface area contributed by atoms with Gasteiger partial charge in [0.05, 0.1) is 0 Å². The van der Waals surface area contributed by atoms with Crippen LogP contribution in [0.5, 0.6) is 0 Å². The zero-order valence-corrected chi connectivity index (χ0v) is 7.39. The SMILES string of the molecule is CC(=O)O.CCCC(=O)CC. The molecule has 0 bridgehead atoms. The molecule has 0 aliphatic heterocycles. The largest absolute Gasteiger partial charge is 0.481 e. The van der Waals surface area contributed by atoms with E-state index in [1.807, 2.05) is 13.8 Å². The van der Waals surface area contributed by atoms with Gasteiger partial charge in [0, 0.05) is 19.8 Å². The molecule has 0 aromatic heterocycles. The Morgan fingerprint density at radius 2 is 1.64 bits per heavy atom. The highest BCUT2D eigenvalue weighted by Crippen LogP contribution is 1.90. The fourth-order valence-corrected chi connectivity index (χ4v) is 0.456. The number of carbonyl (C=O) groups is 2. The first-order valence-corrected chi connectivity index (χ1v) is 3.75. The molecule has 3 heteroatoms. The van der Waals surface area contributed by atoms with Crippen LogP contribution in [0.1, 0.15) is 40.0 Å². The van der Waals surface area contributed by atoms with Crippen molar-refractivity contribution >= 4 is 11.8 Å². The van der Waals surface area contributed by atoms with Crippen LogP contribution in [-0.2, 0) is 9.59 Å². The van der Waals surface area contributed by atoms with Crippen molar-refractivity contribution in [1.82, 2.24) is 0 Å². The Hall–Kier alpha value is -0.860. The van der Waals surface area contributed by atoms with E-state index in [9.17, 15) is 4.79 Å². The van der Waals surface area contributed by atoms with Crippen molar-refractivity contribution in [2.45, 2.75) is 40.0 Å². The van der Waals surface area contributed by atoms with Crippen molar-refractivity contribution in [2.75, 3.05) is 0 Å². The van der Waals surface area contributed by atoms with E-state index in [1.54, 1.807) is 0 Å². The Labute approximate surface area is 67.4 Å². The Balaban J connectivity index is 0. The highest BCUT2D eigenvalue weighted by atomic mass is 16.4. The van der Waals surface area contributed by atoms with Crippen LogP contribution in [0.4, 0.5) is 0 Å². The summed E-state index contributed by atoms with van der Waals surface area (Å²) in [6.45, 7) is 5.01. The molecule has 0 radical (unpaired) electrons. The van der Waals surface area contributed by atoms with Crippen molar-refractivity contribution in [3.63, 3.8) is 0 Å². The van der Waals surface area contributed by atoms with Crippen molar-refractivity contribution in [2.24, 2.45) is 0 Å². The van der Waals surface area contributed by atoms with Gasteiger partial charge < -0.3 is 5.11 Å². The van der Waals surface area contributed by atoms with E-state index < -0.39 is 5.97 Å². The van der Waals surface area contributed by atoms with Crippen LogP contribution >= 0.6 is 0 Å². The standard InChI is InChI=1S/C6H12O.C2H4O2/c1-3-5-6(7)4-2;1-2(3)4/h3-5H2,1-2H3;1H3,(H,3,4). The molecule has 0 amide bonds.